The number of hydrogen-bond acceptors (Lipinski definition) is 12. The molecule has 3 aliphatic rings. The minimum Gasteiger partial charge on any atom is -0.463 e. The molecule has 2 unspecified atom stereocenters. The summed E-state index contributed by atoms with van der Waals surface area (Å²) < 4.78 is 39.7. The normalized spacial score (nSPS) is 37.8. The van der Waals surface area contributed by atoms with Crippen LogP contribution >= 0.6 is 0 Å². The minimum atomic E-state index is -1.31. The fraction of sp³-hybridized carbons (Fsp3) is 0.778. The van der Waals surface area contributed by atoms with Crippen LogP contribution in [0.2, 0.25) is 0 Å². The first kappa shape index (κ1) is 31.0. The summed E-state index contributed by atoms with van der Waals surface area (Å²) in [5, 5.41) is 10.3. The largest absolute Gasteiger partial charge is 0.463 e. The van der Waals surface area contributed by atoms with Crippen molar-refractivity contribution in [1.29, 1.82) is 0 Å². The summed E-state index contributed by atoms with van der Waals surface area (Å²) in [7, 11) is 0. The number of fused-ring (bicyclic) bond motifs is 1. The Balaban J connectivity index is 1.88. The summed E-state index contributed by atoms with van der Waals surface area (Å²) in [5.74, 6) is -2.74. The average Bonchev–Trinajstić information content (AvgIpc) is 3.39. The summed E-state index contributed by atoms with van der Waals surface area (Å²) in [6.07, 6.45) is -2.52. The predicted octanol–water partition coefficient (Wildman–Crippen LogP) is 1.74. The van der Waals surface area contributed by atoms with E-state index in [1.807, 2.05) is 26.8 Å². The number of carbonyl (C=O) groups excluding carboxylic acids is 4. The Morgan fingerprint density at radius 1 is 0.897 bits per heavy atom. The van der Waals surface area contributed by atoms with Gasteiger partial charge in [0.2, 0.25) is 0 Å². The van der Waals surface area contributed by atoms with Crippen molar-refractivity contribution in [2.75, 3.05) is 6.61 Å². The molecule has 1 aliphatic carbocycles. The Hall–Kier alpha value is -2.54. The van der Waals surface area contributed by atoms with Crippen molar-refractivity contribution >= 4 is 23.9 Å². The molecule has 220 valence electrons. The van der Waals surface area contributed by atoms with Gasteiger partial charge in [-0.15, -0.1) is 0 Å². The maximum absolute atomic E-state index is 12.0. The van der Waals surface area contributed by atoms with Gasteiger partial charge < -0.3 is 38.3 Å². The number of ether oxygens (including phenoxy) is 7. The van der Waals surface area contributed by atoms with Gasteiger partial charge in [-0.3, -0.25) is 19.2 Å². The van der Waals surface area contributed by atoms with E-state index in [9.17, 15) is 24.3 Å². The summed E-state index contributed by atoms with van der Waals surface area (Å²) in [6.45, 7) is 12.1. The van der Waals surface area contributed by atoms with Crippen molar-refractivity contribution in [3.05, 3.63) is 12.2 Å². The molecule has 12 nitrogen and oxygen atoms in total. The maximum Gasteiger partial charge on any atom is 0.303 e. The molecule has 0 aromatic carbocycles. The molecule has 1 N–H and O–H groups in total. The van der Waals surface area contributed by atoms with E-state index in [0.29, 0.717) is 12.8 Å². The van der Waals surface area contributed by atoms with Gasteiger partial charge in [0.15, 0.2) is 24.6 Å². The van der Waals surface area contributed by atoms with Crippen LogP contribution in [0.4, 0.5) is 0 Å². The number of esters is 4. The summed E-state index contributed by atoms with van der Waals surface area (Å²) in [6, 6.07) is 0. The van der Waals surface area contributed by atoms with Crippen LogP contribution in [-0.4, -0.2) is 89.7 Å². The van der Waals surface area contributed by atoms with Crippen molar-refractivity contribution in [3.8, 4) is 0 Å². The lowest BCUT2D eigenvalue weighted by Crippen LogP contribution is -2.63. The number of rotatable bonds is 9. The highest BCUT2D eigenvalue weighted by Crippen LogP contribution is 2.66. The van der Waals surface area contributed by atoms with Gasteiger partial charge in [-0.2, -0.15) is 0 Å². The molecule has 0 amide bonds. The van der Waals surface area contributed by atoms with Gasteiger partial charge in [0.1, 0.15) is 23.9 Å². The molecule has 1 saturated carbocycles. The predicted molar refractivity (Wildman–Crippen MR) is 133 cm³/mol. The standard InChI is InChI=1S/C27H40O12/c1-14(9-10-27-25(6,7)11-19(32)12-26(27,8)39-27)34-24-23(37-18(5)31)22(36-17(4)30)21(35-16(3)29)20(38-24)13-33-15(2)28/h9-10,14,19-24,32H,11-13H2,1-8H3/b10-9+/t14?,19?,20-,21-,22+,23-,24-,26-,27+/m1/s1. The Kier molecular flexibility index (Phi) is 9.15. The molecule has 12 heteroatoms. The second kappa shape index (κ2) is 11.5. The summed E-state index contributed by atoms with van der Waals surface area (Å²) in [5.41, 5.74) is -1.46. The van der Waals surface area contributed by atoms with Gasteiger partial charge in [-0.05, 0) is 20.3 Å². The highest BCUT2D eigenvalue weighted by molar-refractivity contribution is 5.68. The lowest BCUT2D eigenvalue weighted by atomic mass is 9.63. The Bertz CT molecular complexity index is 991. The fourth-order valence-corrected chi connectivity index (χ4v) is 5.90. The van der Waals surface area contributed by atoms with Crippen LogP contribution in [-0.2, 0) is 52.3 Å². The third-order valence-corrected chi connectivity index (χ3v) is 7.41. The van der Waals surface area contributed by atoms with Crippen molar-refractivity contribution in [2.24, 2.45) is 5.41 Å². The van der Waals surface area contributed by atoms with Gasteiger partial charge in [-0.1, -0.05) is 26.0 Å². The second-order valence-corrected chi connectivity index (χ2v) is 11.3. The van der Waals surface area contributed by atoms with E-state index >= 15 is 0 Å². The minimum absolute atomic E-state index is 0.340. The first-order chi connectivity index (χ1) is 18.0. The van der Waals surface area contributed by atoms with Crippen LogP contribution < -0.4 is 0 Å². The number of aliphatic hydroxyl groups excluding tert-OH is 1. The highest BCUT2D eigenvalue weighted by Gasteiger charge is 2.74. The topological polar surface area (TPSA) is 156 Å². The Labute approximate surface area is 228 Å². The SMILES string of the molecule is CC(=O)OC[C@H]1O[C@@H](OC(C)/C=C/[C@@]23O[C@]2(C)CC(O)CC3(C)C)[C@H](OC(C)=O)[C@@H](OC(C)=O)[C@@H]1OC(C)=O. The third-order valence-electron chi connectivity index (χ3n) is 7.41. The second-order valence-electron chi connectivity index (χ2n) is 11.3. The summed E-state index contributed by atoms with van der Waals surface area (Å²) in [4.78, 5) is 47.4. The van der Waals surface area contributed by atoms with E-state index in [4.69, 9.17) is 33.2 Å². The third kappa shape index (κ3) is 6.79. The molecule has 2 saturated heterocycles. The average molecular weight is 557 g/mol. The first-order valence-electron chi connectivity index (χ1n) is 13.0. The van der Waals surface area contributed by atoms with E-state index < -0.39 is 78.0 Å². The van der Waals surface area contributed by atoms with Crippen LogP contribution in [0.25, 0.3) is 0 Å². The molecule has 0 aromatic rings. The summed E-state index contributed by atoms with van der Waals surface area (Å²) >= 11 is 0. The number of aliphatic hydroxyl groups is 1. The molecule has 0 spiro atoms. The smallest absolute Gasteiger partial charge is 0.303 e. The molecule has 9 atom stereocenters. The molecular weight excluding hydrogens is 516 g/mol. The van der Waals surface area contributed by atoms with Crippen molar-refractivity contribution in [3.63, 3.8) is 0 Å². The van der Waals surface area contributed by atoms with Crippen LogP contribution in [0, 0.1) is 5.41 Å². The van der Waals surface area contributed by atoms with Crippen LogP contribution in [0.5, 0.6) is 0 Å². The van der Waals surface area contributed by atoms with Crippen molar-refractivity contribution in [2.45, 2.75) is 122 Å². The van der Waals surface area contributed by atoms with Gasteiger partial charge in [0.05, 0.1) is 12.2 Å². The zero-order chi connectivity index (χ0) is 29.3. The molecule has 0 bridgehead atoms. The van der Waals surface area contributed by atoms with Crippen LogP contribution in [0.3, 0.4) is 0 Å². The van der Waals surface area contributed by atoms with Gasteiger partial charge in [-0.25, -0.2) is 0 Å². The van der Waals surface area contributed by atoms with E-state index in [1.54, 1.807) is 13.0 Å². The van der Waals surface area contributed by atoms with Gasteiger partial charge in [0.25, 0.3) is 0 Å². The molecule has 3 rings (SSSR count). The molecule has 0 radical (unpaired) electrons. The first-order valence-corrected chi connectivity index (χ1v) is 13.0. The fourth-order valence-electron chi connectivity index (χ4n) is 5.90. The van der Waals surface area contributed by atoms with E-state index in [1.165, 1.54) is 13.8 Å². The monoisotopic (exact) mass is 556 g/mol. The Morgan fingerprint density at radius 2 is 1.46 bits per heavy atom. The van der Waals surface area contributed by atoms with Crippen molar-refractivity contribution in [1.82, 2.24) is 0 Å². The molecule has 2 heterocycles. The molecule has 2 aliphatic heterocycles. The van der Waals surface area contributed by atoms with Gasteiger partial charge in [0, 0.05) is 39.5 Å². The van der Waals surface area contributed by atoms with Crippen LogP contribution in [0.15, 0.2) is 12.2 Å². The molecule has 39 heavy (non-hydrogen) atoms. The zero-order valence-electron chi connectivity index (χ0n) is 23.8. The molecular formula is C27H40O12. The lowest BCUT2D eigenvalue weighted by Gasteiger charge is -2.44. The van der Waals surface area contributed by atoms with E-state index in [2.05, 4.69) is 0 Å². The van der Waals surface area contributed by atoms with Gasteiger partial charge >= 0.3 is 23.9 Å². The number of carbonyl (C=O) groups is 4. The van der Waals surface area contributed by atoms with E-state index in [0.717, 1.165) is 13.8 Å². The maximum atomic E-state index is 12.0. The zero-order valence-corrected chi connectivity index (χ0v) is 23.8. The molecule has 3 fully saturated rings. The molecule has 0 aromatic heterocycles. The highest BCUT2D eigenvalue weighted by atomic mass is 16.7. The van der Waals surface area contributed by atoms with Crippen LogP contribution in [0.1, 0.15) is 68.2 Å². The quantitative estimate of drug-likeness (QED) is 0.190. The Morgan fingerprint density at radius 3 is 2.00 bits per heavy atom. The number of epoxide rings is 1. The lowest BCUT2D eigenvalue weighted by molar-refractivity contribution is -0.312. The van der Waals surface area contributed by atoms with Crippen molar-refractivity contribution < 1.29 is 57.4 Å². The van der Waals surface area contributed by atoms with E-state index in [-0.39, 0.29) is 12.0 Å². The number of hydrogen-bond donors (Lipinski definition) is 1.